The molecular formula is C11H21O4P. The van der Waals surface area contributed by atoms with Gasteiger partial charge in [0.05, 0.1) is 25.5 Å². The van der Waals surface area contributed by atoms with E-state index in [4.69, 9.17) is 9.05 Å². The molecule has 0 spiro atoms. The van der Waals surface area contributed by atoms with Crippen molar-refractivity contribution in [3.05, 3.63) is 11.6 Å². The van der Waals surface area contributed by atoms with E-state index in [2.05, 4.69) is 0 Å². The lowest BCUT2D eigenvalue weighted by atomic mass is 9.98. The van der Waals surface area contributed by atoms with Gasteiger partial charge in [-0.3, -0.25) is 4.57 Å². The molecule has 1 unspecified atom stereocenters. The monoisotopic (exact) mass is 248 g/mol. The maximum Gasteiger partial charge on any atom is 0.334 e. The SMILES string of the molecule is CCOP(=O)(CC1=CCCCC1O)OCC. The Hall–Kier alpha value is -0.150. The molecule has 0 saturated heterocycles. The van der Waals surface area contributed by atoms with Gasteiger partial charge in [-0.2, -0.15) is 0 Å². The van der Waals surface area contributed by atoms with E-state index in [9.17, 15) is 9.67 Å². The summed E-state index contributed by atoms with van der Waals surface area (Å²) in [6.07, 6.45) is 4.35. The summed E-state index contributed by atoms with van der Waals surface area (Å²) in [4.78, 5) is 0. The summed E-state index contributed by atoms with van der Waals surface area (Å²) in [5, 5.41) is 9.77. The van der Waals surface area contributed by atoms with Crippen molar-refractivity contribution in [3.8, 4) is 0 Å². The van der Waals surface area contributed by atoms with Gasteiger partial charge in [-0.25, -0.2) is 0 Å². The van der Waals surface area contributed by atoms with Crippen LogP contribution in [-0.4, -0.2) is 30.6 Å². The molecule has 5 heteroatoms. The topological polar surface area (TPSA) is 55.8 Å². The van der Waals surface area contributed by atoms with Gasteiger partial charge in [-0.1, -0.05) is 6.08 Å². The van der Waals surface area contributed by atoms with Gasteiger partial charge in [0, 0.05) is 0 Å². The van der Waals surface area contributed by atoms with Crippen molar-refractivity contribution in [2.45, 2.75) is 39.2 Å². The van der Waals surface area contributed by atoms with Crippen molar-refractivity contribution in [2.75, 3.05) is 19.4 Å². The Morgan fingerprint density at radius 3 is 2.56 bits per heavy atom. The standard InChI is InChI=1S/C11H21O4P/c1-3-14-16(13,15-4-2)9-10-7-5-6-8-11(10)12/h7,11-12H,3-6,8-9H2,1-2H3. The zero-order valence-electron chi connectivity index (χ0n) is 10.0. The quantitative estimate of drug-likeness (QED) is 0.580. The summed E-state index contributed by atoms with van der Waals surface area (Å²) in [5.41, 5.74) is 0.802. The molecule has 0 heterocycles. The van der Waals surface area contributed by atoms with Crippen LogP contribution in [0.15, 0.2) is 11.6 Å². The summed E-state index contributed by atoms with van der Waals surface area (Å²) in [7, 11) is -3.05. The van der Waals surface area contributed by atoms with Crippen LogP contribution >= 0.6 is 7.60 Å². The van der Waals surface area contributed by atoms with Crippen molar-refractivity contribution < 1.29 is 18.7 Å². The zero-order chi connectivity index (χ0) is 12.0. The highest BCUT2D eigenvalue weighted by atomic mass is 31.2. The number of allylic oxidation sites excluding steroid dienone is 1. The van der Waals surface area contributed by atoms with Crippen LogP contribution in [0.25, 0.3) is 0 Å². The molecule has 0 fully saturated rings. The Balaban J connectivity index is 2.67. The summed E-state index contributed by atoms with van der Waals surface area (Å²) >= 11 is 0. The first-order chi connectivity index (χ1) is 7.61. The Kier molecular flexibility index (Phi) is 5.70. The highest BCUT2D eigenvalue weighted by molar-refractivity contribution is 7.54. The summed E-state index contributed by atoms with van der Waals surface area (Å²) in [6.45, 7) is 4.30. The van der Waals surface area contributed by atoms with Gasteiger partial charge < -0.3 is 14.2 Å². The highest BCUT2D eigenvalue weighted by Gasteiger charge is 2.28. The van der Waals surface area contributed by atoms with Crippen LogP contribution in [0.2, 0.25) is 0 Å². The molecule has 0 aliphatic heterocycles. The molecule has 94 valence electrons. The first kappa shape index (κ1) is 13.9. The highest BCUT2D eigenvalue weighted by Crippen LogP contribution is 2.50. The normalized spacial score (nSPS) is 21.9. The van der Waals surface area contributed by atoms with E-state index in [-0.39, 0.29) is 6.16 Å². The van der Waals surface area contributed by atoms with Crippen LogP contribution in [0, 0.1) is 0 Å². The van der Waals surface area contributed by atoms with Crippen molar-refractivity contribution >= 4 is 7.60 Å². The molecule has 1 aliphatic carbocycles. The molecule has 0 saturated carbocycles. The van der Waals surface area contributed by atoms with Gasteiger partial charge >= 0.3 is 7.60 Å². The third-order valence-electron chi connectivity index (χ3n) is 2.54. The Bertz CT molecular complexity index is 278. The summed E-state index contributed by atoms with van der Waals surface area (Å²) in [6, 6.07) is 0. The second-order valence-electron chi connectivity index (χ2n) is 3.83. The van der Waals surface area contributed by atoms with E-state index in [0.29, 0.717) is 13.2 Å². The lowest BCUT2D eigenvalue weighted by molar-refractivity contribution is 0.185. The van der Waals surface area contributed by atoms with Crippen LogP contribution in [0.1, 0.15) is 33.1 Å². The molecule has 0 aromatic heterocycles. The maximum atomic E-state index is 12.2. The minimum atomic E-state index is -3.05. The molecule has 1 atom stereocenters. The molecule has 0 aromatic carbocycles. The number of hydrogen-bond acceptors (Lipinski definition) is 4. The van der Waals surface area contributed by atoms with E-state index in [1.165, 1.54) is 0 Å². The van der Waals surface area contributed by atoms with Gasteiger partial charge in [0.1, 0.15) is 0 Å². The van der Waals surface area contributed by atoms with Gasteiger partial charge in [0.15, 0.2) is 0 Å². The Labute approximate surface area is 97.2 Å². The van der Waals surface area contributed by atoms with E-state index in [0.717, 1.165) is 24.8 Å². The average molecular weight is 248 g/mol. The largest absolute Gasteiger partial charge is 0.389 e. The second-order valence-corrected chi connectivity index (χ2v) is 5.88. The van der Waals surface area contributed by atoms with Crippen molar-refractivity contribution in [2.24, 2.45) is 0 Å². The number of aliphatic hydroxyl groups excluding tert-OH is 1. The van der Waals surface area contributed by atoms with Gasteiger partial charge in [-0.05, 0) is 38.7 Å². The minimum absolute atomic E-state index is 0.218. The second kappa shape index (κ2) is 6.55. The predicted molar refractivity (Wildman–Crippen MR) is 63.7 cm³/mol. The van der Waals surface area contributed by atoms with Crippen molar-refractivity contribution in [3.63, 3.8) is 0 Å². The minimum Gasteiger partial charge on any atom is -0.389 e. The van der Waals surface area contributed by atoms with Gasteiger partial charge in [0.25, 0.3) is 0 Å². The zero-order valence-corrected chi connectivity index (χ0v) is 10.9. The molecule has 1 N–H and O–H groups in total. The number of rotatable bonds is 6. The molecule has 16 heavy (non-hydrogen) atoms. The van der Waals surface area contributed by atoms with E-state index in [1.807, 2.05) is 6.08 Å². The van der Waals surface area contributed by atoms with E-state index in [1.54, 1.807) is 13.8 Å². The van der Waals surface area contributed by atoms with Gasteiger partial charge in [-0.15, -0.1) is 0 Å². The first-order valence-corrected chi connectivity index (χ1v) is 7.59. The molecule has 0 radical (unpaired) electrons. The maximum absolute atomic E-state index is 12.2. The van der Waals surface area contributed by atoms with Crippen LogP contribution < -0.4 is 0 Å². The van der Waals surface area contributed by atoms with Crippen molar-refractivity contribution in [1.82, 2.24) is 0 Å². The van der Waals surface area contributed by atoms with Crippen LogP contribution in [0.4, 0.5) is 0 Å². The average Bonchev–Trinajstić information content (AvgIpc) is 2.22. The summed E-state index contributed by atoms with van der Waals surface area (Å²) in [5.74, 6) is 0. The molecule has 1 aliphatic rings. The lowest BCUT2D eigenvalue weighted by Crippen LogP contribution is -2.18. The molecule has 0 aromatic rings. The number of aliphatic hydroxyl groups is 1. The van der Waals surface area contributed by atoms with Gasteiger partial charge in [0.2, 0.25) is 0 Å². The smallest absolute Gasteiger partial charge is 0.334 e. The molecule has 1 rings (SSSR count). The summed E-state index contributed by atoms with van der Waals surface area (Å²) < 4.78 is 22.6. The molecule has 0 bridgehead atoms. The van der Waals surface area contributed by atoms with Crippen LogP contribution in [0.3, 0.4) is 0 Å². The molecular weight excluding hydrogens is 227 g/mol. The Morgan fingerprint density at radius 1 is 1.44 bits per heavy atom. The van der Waals surface area contributed by atoms with Crippen LogP contribution in [-0.2, 0) is 13.6 Å². The van der Waals surface area contributed by atoms with Crippen LogP contribution in [0.5, 0.6) is 0 Å². The third kappa shape index (κ3) is 4.02. The fraction of sp³-hybridized carbons (Fsp3) is 0.818. The molecule has 4 nitrogen and oxygen atoms in total. The van der Waals surface area contributed by atoms with E-state index >= 15 is 0 Å². The fourth-order valence-corrected chi connectivity index (χ4v) is 3.67. The number of hydrogen-bond donors (Lipinski definition) is 1. The van der Waals surface area contributed by atoms with E-state index < -0.39 is 13.7 Å². The molecule has 0 amide bonds. The third-order valence-corrected chi connectivity index (χ3v) is 4.60. The fourth-order valence-electron chi connectivity index (χ4n) is 1.84. The first-order valence-electron chi connectivity index (χ1n) is 5.86. The predicted octanol–water partition coefficient (Wildman–Crippen LogP) is 2.72. The lowest BCUT2D eigenvalue weighted by Gasteiger charge is -2.23. The Morgan fingerprint density at radius 2 is 2.06 bits per heavy atom. The van der Waals surface area contributed by atoms with Crippen molar-refractivity contribution in [1.29, 1.82) is 0 Å².